The fraction of sp³-hybridized carbons (Fsp3) is 0.269. The van der Waals surface area contributed by atoms with Crippen molar-refractivity contribution in [2.24, 2.45) is 0 Å². The second-order valence-corrected chi connectivity index (χ2v) is 9.18. The van der Waals surface area contributed by atoms with Gasteiger partial charge >= 0.3 is 0 Å². The Hall–Kier alpha value is -3.29. The molecular formula is C26H23NO5S. The van der Waals surface area contributed by atoms with Crippen LogP contribution in [0.15, 0.2) is 64.6 Å². The van der Waals surface area contributed by atoms with Gasteiger partial charge in [-0.05, 0) is 41.3 Å². The molecule has 1 saturated heterocycles. The van der Waals surface area contributed by atoms with Crippen molar-refractivity contribution in [3.63, 3.8) is 0 Å². The average molecular weight is 462 g/mol. The lowest BCUT2D eigenvalue weighted by atomic mass is 10.0. The molecule has 0 aliphatic carbocycles. The molecule has 1 atom stereocenters. The number of hydrogen-bond donors (Lipinski definition) is 0. The molecule has 0 unspecified atom stereocenters. The van der Waals surface area contributed by atoms with E-state index in [1.807, 2.05) is 0 Å². The Kier molecular flexibility index (Phi) is 5.28. The molecule has 6 nitrogen and oxygen atoms in total. The zero-order valence-corrected chi connectivity index (χ0v) is 18.8. The summed E-state index contributed by atoms with van der Waals surface area (Å²) < 4.78 is 24.6. The normalized spacial score (nSPS) is 18.1. The number of carbonyl (C=O) groups excluding carboxylic acids is 1. The molecule has 2 aromatic heterocycles. The van der Waals surface area contributed by atoms with Crippen LogP contribution in [0.25, 0.3) is 21.2 Å². The van der Waals surface area contributed by atoms with E-state index >= 15 is 0 Å². The second kappa shape index (κ2) is 8.57. The topological polar surface area (TPSA) is 61.1 Å². The predicted molar refractivity (Wildman–Crippen MR) is 126 cm³/mol. The summed E-state index contributed by atoms with van der Waals surface area (Å²) in [5, 5.41) is 3.38. The Morgan fingerprint density at radius 1 is 1.12 bits per heavy atom. The fourth-order valence-corrected chi connectivity index (χ4v) is 5.41. The number of ether oxygens (including phenoxy) is 3. The standard InChI is InChI=1S/C26H23NO5S/c28-26(22-5-3-9-30-22)27-8-11-31-25-18(14-27)12-17(13-23(25)32-19-7-10-29-15-19)21-16-33-24-6-2-1-4-20(21)24/h1-6,9,12-13,16,19H,7-8,10-11,14-15H2/t19-/m0/s1. The van der Waals surface area contributed by atoms with Crippen LogP contribution >= 0.6 is 11.3 Å². The Bertz CT molecular complexity index is 1290. The lowest BCUT2D eigenvalue weighted by Crippen LogP contribution is -2.32. The van der Waals surface area contributed by atoms with Crippen molar-refractivity contribution in [3.8, 4) is 22.6 Å². The maximum atomic E-state index is 13.0. The second-order valence-electron chi connectivity index (χ2n) is 8.26. The van der Waals surface area contributed by atoms with Gasteiger partial charge in [0.25, 0.3) is 5.91 Å². The molecule has 1 fully saturated rings. The van der Waals surface area contributed by atoms with Crippen molar-refractivity contribution in [1.82, 2.24) is 4.90 Å². The van der Waals surface area contributed by atoms with Crippen molar-refractivity contribution in [3.05, 3.63) is 71.5 Å². The highest BCUT2D eigenvalue weighted by molar-refractivity contribution is 7.17. The minimum atomic E-state index is -0.144. The number of thiophene rings is 1. The van der Waals surface area contributed by atoms with Crippen molar-refractivity contribution >= 4 is 27.3 Å². The van der Waals surface area contributed by atoms with Gasteiger partial charge in [0, 0.05) is 27.6 Å². The van der Waals surface area contributed by atoms with Crippen LogP contribution in [0.3, 0.4) is 0 Å². The first-order valence-corrected chi connectivity index (χ1v) is 12.0. The van der Waals surface area contributed by atoms with Crippen molar-refractivity contribution in [1.29, 1.82) is 0 Å². The van der Waals surface area contributed by atoms with Gasteiger partial charge in [-0.2, -0.15) is 0 Å². The highest BCUT2D eigenvalue weighted by Crippen LogP contribution is 2.42. The third-order valence-electron chi connectivity index (χ3n) is 6.09. The highest BCUT2D eigenvalue weighted by Gasteiger charge is 2.27. The summed E-state index contributed by atoms with van der Waals surface area (Å²) in [4.78, 5) is 14.8. The summed E-state index contributed by atoms with van der Waals surface area (Å²) in [6, 6.07) is 16.0. The first-order chi connectivity index (χ1) is 16.3. The van der Waals surface area contributed by atoms with Crippen LogP contribution in [-0.2, 0) is 11.3 Å². The van der Waals surface area contributed by atoms with E-state index in [0.717, 1.165) is 23.1 Å². The first kappa shape index (κ1) is 20.3. The van der Waals surface area contributed by atoms with Gasteiger partial charge < -0.3 is 23.5 Å². The number of fused-ring (bicyclic) bond motifs is 2. The zero-order chi connectivity index (χ0) is 22.2. The first-order valence-electron chi connectivity index (χ1n) is 11.1. The van der Waals surface area contributed by atoms with E-state index in [2.05, 4.69) is 41.8 Å². The lowest BCUT2D eigenvalue weighted by molar-refractivity contribution is 0.0700. The largest absolute Gasteiger partial charge is 0.487 e. The molecule has 0 radical (unpaired) electrons. The molecule has 2 aliphatic heterocycles. The van der Waals surface area contributed by atoms with E-state index in [1.165, 1.54) is 16.3 Å². The number of furan rings is 1. The maximum absolute atomic E-state index is 13.0. The Morgan fingerprint density at radius 3 is 2.91 bits per heavy atom. The van der Waals surface area contributed by atoms with Crippen molar-refractivity contribution < 1.29 is 23.4 Å². The van der Waals surface area contributed by atoms with E-state index in [0.29, 0.717) is 50.2 Å². The van der Waals surface area contributed by atoms with Gasteiger partial charge in [-0.25, -0.2) is 0 Å². The van der Waals surface area contributed by atoms with E-state index in [1.54, 1.807) is 28.4 Å². The molecule has 4 heterocycles. The minimum Gasteiger partial charge on any atom is -0.487 e. The fourth-order valence-electron chi connectivity index (χ4n) is 4.44. The van der Waals surface area contributed by atoms with Gasteiger partial charge in [0.1, 0.15) is 12.7 Å². The van der Waals surface area contributed by atoms with E-state index < -0.39 is 0 Å². The summed E-state index contributed by atoms with van der Waals surface area (Å²) in [5.74, 6) is 1.60. The Morgan fingerprint density at radius 2 is 2.06 bits per heavy atom. The number of nitrogens with zero attached hydrogens (tertiary/aromatic N) is 1. The van der Waals surface area contributed by atoms with Crippen LogP contribution in [-0.4, -0.2) is 43.3 Å². The number of benzene rings is 2. The van der Waals surface area contributed by atoms with E-state index in [4.69, 9.17) is 18.6 Å². The van der Waals surface area contributed by atoms with Crippen LogP contribution < -0.4 is 9.47 Å². The summed E-state index contributed by atoms with van der Waals surface area (Å²) in [6.45, 7) is 2.55. The summed E-state index contributed by atoms with van der Waals surface area (Å²) in [6.07, 6.45) is 2.37. The molecule has 4 aromatic rings. The molecule has 0 bridgehead atoms. The molecule has 168 valence electrons. The quantitative estimate of drug-likeness (QED) is 0.409. The molecule has 0 spiro atoms. The molecule has 2 aliphatic rings. The number of carbonyl (C=O) groups is 1. The van der Waals surface area contributed by atoms with Gasteiger partial charge in [0.2, 0.25) is 0 Å². The molecular weight excluding hydrogens is 438 g/mol. The molecule has 0 N–H and O–H groups in total. The van der Waals surface area contributed by atoms with Crippen molar-refractivity contribution in [2.45, 2.75) is 19.1 Å². The number of rotatable bonds is 4. The van der Waals surface area contributed by atoms with Crippen LogP contribution in [0.5, 0.6) is 11.5 Å². The number of amides is 1. The Labute approximate surface area is 195 Å². The summed E-state index contributed by atoms with van der Waals surface area (Å²) in [5.41, 5.74) is 3.13. The maximum Gasteiger partial charge on any atom is 0.289 e. The van der Waals surface area contributed by atoms with Crippen LogP contribution in [0.2, 0.25) is 0 Å². The average Bonchev–Trinajstić information content (AvgIpc) is 3.59. The molecule has 2 aromatic carbocycles. The van der Waals surface area contributed by atoms with E-state index in [9.17, 15) is 4.79 Å². The number of hydrogen-bond acceptors (Lipinski definition) is 6. The van der Waals surface area contributed by atoms with Crippen LogP contribution in [0.4, 0.5) is 0 Å². The SMILES string of the molecule is O=C(c1ccco1)N1CCOc2c(cc(-c3csc4ccccc34)cc2O[C@H]2CCOC2)C1. The third kappa shape index (κ3) is 3.87. The Balaban J connectivity index is 1.43. The monoisotopic (exact) mass is 461 g/mol. The smallest absolute Gasteiger partial charge is 0.289 e. The lowest BCUT2D eigenvalue weighted by Gasteiger charge is -2.20. The minimum absolute atomic E-state index is 0.00345. The molecule has 7 heteroatoms. The summed E-state index contributed by atoms with van der Waals surface area (Å²) in [7, 11) is 0. The van der Waals surface area contributed by atoms with Crippen LogP contribution in [0, 0.1) is 0 Å². The van der Waals surface area contributed by atoms with Crippen molar-refractivity contribution in [2.75, 3.05) is 26.4 Å². The van der Waals surface area contributed by atoms with Gasteiger partial charge in [-0.15, -0.1) is 11.3 Å². The van der Waals surface area contributed by atoms with Gasteiger partial charge in [-0.1, -0.05) is 18.2 Å². The molecule has 33 heavy (non-hydrogen) atoms. The zero-order valence-electron chi connectivity index (χ0n) is 18.0. The predicted octanol–water partition coefficient (Wildman–Crippen LogP) is 5.36. The highest BCUT2D eigenvalue weighted by atomic mass is 32.1. The molecule has 0 saturated carbocycles. The van der Waals surface area contributed by atoms with Gasteiger partial charge in [0.05, 0.1) is 32.6 Å². The molecule has 1 amide bonds. The van der Waals surface area contributed by atoms with Gasteiger partial charge in [-0.3, -0.25) is 4.79 Å². The van der Waals surface area contributed by atoms with Gasteiger partial charge in [0.15, 0.2) is 17.3 Å². The third-order valence-corrected chi connectivity index (χ3v) is 7.06. The van der Waals surface area contributed by atoms with E-state index in [-0.39, 0.29) is 12.0 Å². The van der Waals surface area contributed by atoms with Crippen LogP contribution in [0.1, 0.15) is 22.5 Å². The molecule has 6 rings (SSSR count). The summed E-state index contributed by atoms with van der Waals surface area (Å²) >= 11 is 1.72.